The predicted octanol–water partition coefficient (Wildman–Crippen LogP) is 2.14. The van der Waals surface area contributed by atoms with Crippen LogP contribution in [-0.4, -0.2) is 179 Å². The Hall–Kier alpha value is -6.86. The topological polar surface area (TPSA) is 325 Å². The van der Waals surface area contributed by atoms with Gasteiger partial charge in [-0.1, -0.05) is 13.8 Å². The number of hydrogen-bond acceptors (Lipinski definition) is 26. The van der Waals surface area contributed by atoms with Crippen molar-refractivity contribution >= 4 is 19.7 Å². The van der Waals surface area contributed by atoms with E-state index in [9.17, 15) is 16.8 Å². The van der Waals surface area contributed by atoms with Crippen molar-refractivity contribution < 1.29 is 64.2 Å². The minimum absolute atomic E-state index is 0.116. The molecule has 2 fully saturated rings. The second-order valence-electron chi connectivity index (χ2n) is 16.5. The number of nitrogens with zero attached hydrogens (tertiary/aromatic N) is 14. The summed E-state index contributed by atoms with van der Waals surface area (Å²) in [5.74, 6) is 1.27. The highest BCUT2D eigenvalue weighted by atomic mass is 32.2. The highest BCUT2D eigenvalue weighted by molar-refractivity contribution is 7.91. The molecule has 400 valence electrons. The SMILES string of the molecule is COc1cnc([C@@H](C)[C@H](C)S(=O)(=O)Cc2nnc([C@@H]3COCCO3)n2-c2c(OC)ncnc2OC)nc1.COc1cnc([C@@H](C)[C@H](C)S(=O)(=O)Cc2nnc([C@H]3COCCO3)n2-c2c(OC)ncnc2OC)nc1. The van der Waals surface area contributed by atoms with Gasteiger partial charge >= 0.3 is 0 Å². The zero-order valence-corrected chi connectivity index (χ0v) is 44.0. The molecule has 0 radical (unpaired) electrons. The van der Waals surface area contributed by atoms with Gasteiger partial charge in [0.2, 0.25) is 23.5 Å². The summed E-state index contributed by atoms with van der Waals surface area (Å²) in [6.07, 6.45) is 7.36. The molecule has 30 heteroatoms. The second-order valence-corrected chi connectivity index (χ2v) is 21.3. The van der Waals surface area contributed by atoms with Gasteiger partial charge in [-0.25, -0.2) is 36.8 Å². The van der Waals surface area contributed by atoms with E-state index in [0.717, 1.165) is 0 Å². The molecule has 0 spiro atoms. The first-order chi connectivity index (χ1) is 35.6. The molecule has 8 rings (SSSR count). The molecule has 0 amide bonds. The average Bonchev–Trinajstić information content (AvgIpc) is 4.05. The summed E-state index contributed by atoms with van der Waals surface area (Å²) in [6, 6.07) is 0. The number of ether oxygens (including phenoxy) is 10. The second kappa shape index (κ2) is 24.4. The lowest BCUT2D eigenvalue weighted by Crippen LogP contribution is -2.28. The minimum Gasteiger partial charge on any atom is -0.494 e. The molecule has 0 unspecified atom stereocenters. The molecule has 0 saturated carbocycles. The summed E-state index contributed by atoms with van der Waals surface area (Å²) in [6.45, 7) is 8.74. The first-order valence-corrected chi connectivity index (χ1v) is 26.3. The minimum atomic E-state index is -3.79. The number of methoxy groups -OCH3 is 6. The fraction of sp³-hybridized carbons (Fsp3) is 0.545. The summed E-state index contributed by atoms with van der Waals surface area (Å²) < 4.78 is 112. The molecule has 2 aliphatic rings. The van der Waals surface area contributed by atoms with Crippen molar-refractivity contribution in [3.63, 3.8) is 0 Å². The monoisotopic (exact) mass is 1070 g/mol. The first-order valence-electron chi connectivity index (χ1n) is 22.9. The summed E-state index contributed by atoms with van der Waals surface area (Å²) in [4.78, 5) is 33.7. The van der Waals surface area contributed by atoms with Crippen molar-refractivity contribution in [1.82, 2.24) is 69.4 Å². The van der Waals surface area contributed by atoms with Crippen molar-refractivity contribution in [2.24, 2.45) is 0 Å². The van der Waals surface area contributed by atoms with E-state index in [1.165, 1.54) is 89.2 Å². The molecule has 0 N–H and O–H groups in total. The van der Waals surface area contributed by atoms with E-state index in [2.05, 4.69) is 60.3 Å². The molecule has 0 bridgehead atoms. The Morgan fingerprint density at radius 3 is 1.12 bits per heavy atom. The van der Waals surface area contributed by atoms with Crippen LogP contribution in [0.3, 0.4) is 0 Å². The maximum absolute atomic E-state index is 13.6. The van der Waals surface area contributed by atoms with Crippen LogP contribution in [0.2, 0.25) is 0 Å². The molecule has 28 nitrogen and oxygen atoms in total. The normalized spacial score (nSPS) is 17.7. The van der Waals surface area contributed by atoms with Crippen molar-refractivity contribution in [1.29, 1.82) is 0 Å². The van der Waals surface area contributed by atoms with E-state index in [0.29, 0.717) is 61.2 Å². The molecule has 0 aromatic carbocycles. The highest BCUT2D eigenvalue weighted by Gasteiger charge is 2.37. The van der Waals surface area contributed by atoms with E-state index in [1.54, 1.807) is 27.7 Å². The van der Waals surface area contributed by atoms with Crippen molar-refractivity contribution in [3.8, 4) is 46.4 Å². The Labute approximate surface area is 426 Å². The van der Waals surface area contributed by atoms with Crippen LogP contribution in [0.15, 0.2) is 37.4 Å². The van der Waals surface area contributed by atoms with Crippen LogP contribution in [0.25, 0.3) is 11.4 Å². The van der Waals surface area contributed by atoms with E-state index in [-0.39, 0.29) is 59.8 Å². The van der Waals surface area contributed by atoms with Gasteiger partial charge in [0.05, 0.1) is 118 Å². The molecule has 6 aromatic rings. The van der Waals surface area contributed by atoms with Gasteiger partial charge < -0.3 is 47.4 Å². The van der Waals surface area contributed by atoms with E-state index in [4.69, 9.17) is 47.4 Å². The molecule has 6 aromatic heterocycles. The predicted molar refractivity (Wildman–Crippen MR) is 257 cm³/mol. The molecule has 6 atom stereocenters. The molecular weight excluding hydrogens is 1010 g/mol. The maximum Gasteiger partial charge on any atom is 0.245 e. The van der Waals surface area contributed by atoms with Gasteiger partial charge in [0.15, 0.2) is 65.8 Å². The number of aromatic nitrogens is 14. The van der Waals surface area contributed by atoms with Crippen LogP contribution in [0, 0.1) is 0 Å². The van der Waals surface area contributed by atoms with Crippen molar-refractivity contribution in [2.45, 2.75) is 73.7 Å². The van der Waals surface area contributed by atoms with Crippen LogP contribution < -0.4 is 28.4 Å². The Morgan fingerprint density at radius 1 is 0.500 bits per heavy atom. The third kappa shape index (κ3) is 12.0. The lowest BCUT2D eigenvalue weighted by Gasteiger charge is -2.24. The summed E-state index contributed by atoms with van der Waals surface area (Å²) in [5, 5.41) is 15.3. The van der Waals surface area contributed by atoms with Gasteiger partial charge in [0.25, 0.3) is 0 Å². The molecule has 74 heavy (non-hydrogen) atoms. The third-order valence-electron chi connectivity index (χ3n) is 12.2. The highest BCUT2D eigenvalue weighted by Crippen LogP contribution is 2.37. The summed E-state index contributed by atoms with van der Waals surface area (Å²) in [7, 11) is 1.17. The fourth-order valence-corrected chi connectivity index (χ4v) is 10.8. The quantitative estimate of drug-likeness (QED) is 0.106. The average molecular weight is 1070 g/mol. The largest absolute Gasteiger partial charge is 0.494 e. The van der Waals surface area contributed by atoms with Crippen LogP contribution >= 0.6 is 0 Å². The Balaban J connectivity index is 0.000000216. The van der Waals surface area contributed by atoms with Crippen LogP contribution in [0.1, 0.15) is 86.7 Å². The molecule has 0 aliphatic carbocycles. The zero-order valence-electron chi connectivity index (χ0n) is 42.4. The number of rotatable bonds is 20. The zero-order chi connectivity index (χ0) is 53.2. The smallest absolute Gasteiger partial charge is 0.245 e. The van der Waals surface area contributed by atoms with Crippen molar-refractivity contribution in [2.75, 3.05) is 82.3 Å². The lowest BCUT2D eigenvalue weighted by molar-refractivity contribution is -0.0942. The number of hydrogen-bond donors (Lipinski definition) is 0. The van der Waals surface area contributed by atoms with E-state index >= 15 is 0 Å². The van der Waals surface area contributed by atoms with Crippen LogP contribution in [-0.2, 0) is 50.1 Å². The Kier molecular flexibility index (Phi) is 18.1. The number of sulfone groups is 2. The fourth-order valence-electron chi connectivity index (χ4n) is 7.70. The standard InChI is InChI=1S/2C22H29N7O7S/c2*1-13(19-23-8-15(32-3)9-24-19)14(2)37(30,31)11-17-27-28-20(16-10-35-6-7-36-16)29(17)18-21(33-4)25-12-26-22(18)34-5/h2*8-9,12-14,16H,6-7,10-11H2,1-5H3/t13-,14-,16+;13-,14-,16-/m00/s1. The molecule has 8 heterocycles. The van der Waals surface area contributed by atoms with E-state index < -0.39 is 65.7 Å². The maximum atomic E-state index is 13.6. The third-order valence-corrected chi connectivity index (χ3v) is 16.6. The molecular formula is C44H58N14O14S2. The van der Waals surface area contributed by atoms with Crippen LogP contribution in [0.4, 0.5) is 0 Å². The van der Waals surface area contributed by atoms with Gasteiger partial charge in [-0.3, -0.25) is 9.13 Å². The lowest BCUT2D eigenvalue weighted by atomic mass is 10.1. The van der Waals surface area contributed by atoms with Gasteiger partial charge in [-0.05, 0) is 13.8 Å². The van der Waals surface area contributed by atoms with Gasteiger partial charge in [-0.15, -0.1) is 20.4 Å². The van der Waals surface area contributed by atoms with Gasteiger partial charge in [0, 0.05) is 11.8 Å². The summed E-state index contributed by atoms with van der Waals surface area (Å²) >= 11 is 0. The Bertz CT molecular complexity index is 2780. The van der Waals surface area contributed by atoms with Crippen molar-refractivity contribution in [3.05, 3.63) is 72.4 Å². The molecule has 2 saturated heterocycles. The Morgan fingerprint density at radius 2 is 0.838 bits per heavy atom. The van der Waals surface area contributed by atoms with Crippen LogP contribution in [0.5, 0.6) is 35.0 Å². The van der Waals surface area contributed by atoms with Gasteiger partial charge in [-0.2, -0.15) is 19.9 Å². The molecule has 2 aliphatic heterocycles. The summed E-state index contributed by atoms with van der Waals surface area (Å²) in [5.41, 5.74) is 0.511. The van der Waals surface area contributed by atoms with Gasteiger partial charge in [0.1, 0.15) is 48.0 Å². The van der Waals surface area contributed by atoms with E-state index in [1.807, 2.05) is 0 Å². The first kappa shape index (κ1) is 54.9.